The third kappa shape index (κ3) is 4.34. The highest BCUT2D eigenvalue weighted by atomic mass is 16.5. The summed E-state index contributed by atoms with van der Waals surface area (Å²) >= 11 is 0. The summed E-state index contributed by atoms with van der Waals surface area (Å²) in [6.45, 7) is 5.96. The van der Waals surface area contributed by atoms with E-state index in [-0.39, 0.29) is 0 Å². The van der Waals surface area contributed by atoms with Gasteiger partial charge in [0.2, 0.25) is 0 Å². The molecule has 0 aliphatic heterocycles. The first-order chi connectivity index (χ1) is 9.28. The first kappa shape index (κ1) is 13.5. The number of nitrogens with one attached hydrogen (secondary N) is 1. The molecule has 19 heavy (non-hydrogen) atoms. The topological polar surface area (TPSA) is 47.0 Å². The minimum atomic E-state index is 0.379. The Hall–Kier alpha value is -1.94. The lowest BCUT2D eigenvalue weighted by atomic mass is 10.2. The highest BCUT2D eigenvalue weighted by Crippen LogP contribution is 2.18. The Morgan fingerprint density at radius 2 is 2.00 bits per heavy atom. The van der Waals surface area contributed by atoms with Gasteiger partial charge in [-0.3, -0.25) is 0 Å². The van der Waals surface area contributed by atoms with E-state index in [0.717, 1.165) is 36.4 Å². The SMILES string of the molecule is CCCNCc1cnc(Oc2cccc(C)c2)nc1. The molecule has 0 fully saturated rings. The molecule has 0 unspecified atom stereocenters. The second kappa shape index (κ2) is 6.85. The number of aryl methyl sites for hydroxylation is 1. The van der Waals surface area contributed by atoms with E-state index in [0.29, 0.717) is 6.01 Å². The van der Waals surface area contributed by atoms with Gasteiger partial charge in [-0.25, -0.2) is 9.97 Å². The van der Waals surface area contributed by atoms with E-state index in [2.05, 4.69) is 22.2 Å². The van der Waals surface area contributed by atoms with Crippen LogP contribution in [0.4, 0.5) is 0 Å². The Kier molecular flexibility index (Phi) is 4.86. The summed E-state index contributed by atoms with van der Waals surface area (Å²) in [6, 6.07) is 8.21. The molecule has 0 amide bonds. The first-order valence-corrected chi connectivity index (χ1v) is 6.54. The molecule has 4 heteroatoms. The van der Waals surface area contributed by atoms with Crippen LogP contribution in [-0.4, -0.2) is 16.5 Å². The molecule has 2 aromatic rings. The number of hydrogen-bond acceptors (Lipinski definition) is 4. The van der Waals surface area contributed by atoms with Gasteiger partial charge in [-0.1, -0.05) is 19.1 Å². The fourth-order valence-corrected chi connectivity index (χ4v) is 1.68. The summed E-state index contributed by atoms with van der Waals surface area (Å²) in [6.07, 6.45) is 4.71. The van der Waals surface area contributed by atoms with Crippen LogP contribution in [-0.2, 0) is 6.54 Å². The molecule has 0 saturated carbocycles. The van der Waals surface area contributed by atoms with Crippen LogP contribution in [0.15, 0.2) is 36.7 Å². The fraction of sp³-hybridized carbons (Fsp3) is 0.333. The zero-order valence-corrected chi connectivity index (χ0v) is 11.4. The Labute approximate surface area is 113 Å². The van der Waals surface area contributed by atoms with Crippen molar-refractivity contribution >= 4 is 0 Å². The maximum absolute atomic E-state index is 5.60. The Balaban J connectivity index is 1.95. The van der Waals surface area contributed by atoms with Gasteiger partial charge in [0.1, 0.15) is 5.75 Å². The second-order valence-corrected chi connectivity index (χ2v) is 4.47. The van der Waals surface area contributed by atoms with Crippen LogP contribution in [0.2, 0.25) is 0 Å². The third-order valence-electron chi connectivity index (χ3n) is 2.64. The normalized spacial score (nSPS) is 10.4. The minimum absolute atomic E-state index is 0.379. The van der Waals surface area contributed by atoms with Crippen LogP contribution in [0.25, 0.3) is 0 Å². The Bertz CT molecular complexity index is 511. The van der Waals surface area contributed by atoms with E-state index in [1.165, 1.54) is 0 Å². The molecule has 1 N–H and O–H groups in total. The summed E-state index contributed by atoms with van der Waals surface area (Å²) < 4.78 is 5.60. The lowest BCUT2D eigenvalue weighted by molar-refractivity contribution is 0.440. The molecule has 100 valence electrons. The van der Waals surface area contributed by atoms with E-state index in [1.54, 1.807) is 12.4 Å². The quantitative estimate of drug-likeness (QED) is 0.808. The lowest BCUT2D eigenvalue weighted by Gasteiger charge is -2.06. The minimum Gasteiger partial charge on any atom is -0.424 e. The summed E-state index contributed by atoms with van der Waals surface area (Å²) in [5.41, 5.74) is 2.21. The zero-order chi connectivity index (χ0) is 13.5. The Morgan fingerprint density at radius 3 is 2.68 bits per heavy atom. The van der Waals surface area contributed by atoms with Crippen molar-refractivity contribution in [2.24, 2.45) is 0 Å². The predicted octanol–water partition coefficient (Wildman–Crippen LogP) is 3.08. The average Bonchev–Trinajstić information content (AvgIpc) is 2.41. The summed E-state index contributed by atoms with van der Waals surface area (Å²) in [4.78, 5) is 8.42. The zero-order valence-electron chi connectivity index (χ0n) is 11.4. The summed E-state index contributed by atoms with van der Waals surface area (Å²) in [5, 5.41) is 3.31. The molecule has 1 heterocycles. The fourth-order valence-electron chi connectivity index (χ4n) is 1.68. The maximum atomic E-state index is 5.60. The molecule has 0 saturated heterocycles. The third-order valence-corrected chi connectivity index (χ3v) is 2.64. The molecule has 0 aliphatic rings. The van der Waals surface area contributed by atoms with Crippen molar-refractivity contribution in [2.75, 3.05) is 6.54 Å². The van der Waals surface area contributed by atoms with Crippen LogP contribution in [0.3, 0.4) is 0 Å². The van der Waals surface area contributed by atoms with Crippen molar-refractivity contribution in [3.63, 3.8) is 0 Å². The largest absolute Gasteiger partial charge is 0.424 e. The van der Waals surface area contributed by atoms with Crippen LogP contribution in [0, 0.1) is 6.92 Å². The lowest BCUT2D eigenvalue weighted by Crippen LogP contribution is -2.14. The monoisotopic (exact) mass is 257 g/mol. The highest BCUT2D eigenvalue weighted by molar-refractivity contribution is 5.29. The van der Waals surface area contributed by atoms with Gasteiger partial charge in [0.15, 0.2) is 0 Å². The molecule has 1 aromatic carbocycles. The van der Waals surface area contributed by atoms with E-state index < -0.39 is 0 Å². The average molecular weight is 257 g/mol. The predicted molar refractivity (Wildman–Crippen MR) is 75.3 cm³/mol. The van der Waals surface area contributed by atoms with Gasteiger partial charge >= 0.3 is 6.01 Å². The number of hydrogen-bond donors (Lipinski definition) is 1. The first-order valence-electron chi connectivity index (χ1n) is 6.54. The number of ether oxygens (including phenoxy) is 1. The van der Waals surface area contributed by atoms with Crippen LogP contribution >= 0.6 is 0 Å². The van der Waals surface area contributed by atoms with Gasteiger partial charge in [0.25, 0.3) is 0 Å². The molecule has 1 aromatic heterocycles. The number of rotatable bonds is 6. The van der Waals surface area contributed by atoms with Gasteiger partial charge in [-0.05, 0) is 37.6 Å². The van der Waals surface area contributed by atoms with Crippen molar-refractivity contribution in [1.82, 2.24) is 15.3 Å². The summed E-state index contributed by atoms with van der Waals surface area (Å²) in [7, 11) is 0. The number of benzene rings is 1. The molecule has 0 atom stereocenters. The molecular formula is C15H19N3O. The van der Waals surface area contributed by atoms with E-state index >= 15 is 0 Å². The smallest absolute Gasteiger partial charge is 0.321 e. The van der Waals surface area contributed by atoms with Gasteiger partial charge in [0, 0.05) is 24.5 Å². The van der Waals surface area contributed by atoms with Crippen LogP contribution < -0.4 is 10.1 Å². The Morgan fingerprint density at radius 1 is 1.21 bits per heavy atom. The van der Waals surface area contributed by atoms with Crippen molar-refractivity contribution in [3.8, 4) is 11.8 Å². The van der Waals surface area contributed by atoms with Gasteiger partial charge in [-0.2, -0.15) is 0 Å². The van der Waals surface area contributed by atoms with Crippen LogP contribution in [0.1, 0.15) is 24.5 Å². The number of aromatic nitrogens is 2. The van der Waals surface area contributed by atoms with E-state index in [9.17, 15) is 0 Å². The molecule has 4 nitrogen and oxygen atoms in total. The van der Waals surface area contributed by atoms with Crippen molar-refractivity contribution in [3.05, 3.63) is 47.8 Å². The van der Waals surface area contributed by atoms with Gasteiger partial charge in [0.05, 0.1) is 0 Å². The molecule has 0 bridgehead atoms. The molecular weight excluding hydrogens is 238 g/mol. The van der Waals surface area contributed by atoms with Gasteiger partial charge < -0.3 is 10.1 Å². The van der Waals surface area contributed by atoms with Crippen molar-refractivity contribution in [2.45, 2.75) is 26.8 Å². The molecule has 0 aliphatic carbocycles. The van der Waals surface area contributed by atoms with E-state index in [1.807, 2.05) is 31.2 Å². The standard InChI is InChI=1S/C15H19N3O/c1-3-7-16-9-13-10-17-15(18-11-13)19-14-6-4-5-12(2)8-14/h4-6,8,10-11,16H,3,7,9H2,1-2H3. The molecule has 2 rings (SSSR count). The number of nitrogens with zero attached hydrogens (tertiary/aromatic N) is 2. The maximum Gasteiger partial charge on any atom is 0.321 e. The van der Waals surface area contributed by atoms with Gasteiger partial charge in [-0.15, -0.1) is 0 Å². The molecule has 0 radical (unpaired) electrons. The summed E-state index contributed by atoms with van der Waals surface area (Å²) in [5.74, 6) is 0.761. The second-order valence-electron chi connectivity index (χ2n) is 4.47. The highest BCUT2D eigenvalue weighted by Gasteiger charge is 2.01. The van der Waals surface area contributed by atoms with E-state index in [4.69, 9.17) is 4.74 Å². The van der Waals surface area contributed by atoms with Crippen molar-refractivity contribution in [1.29, 1.82) is 0 Å². The van der Waals surface area contributed by atoms with Crippen molar-refractivity contribution < 1.29 is 4.74 Å². The molecule has 0 spiro atoms. The van der Waals surface area contributed by atoms with Crippen LogP contribution in [0.5, 0.6) is 11.8 Å².